The van der Waals surface area contributed by atoms with Crippen molar-refractivity contribution >= 4 is 18.5 Å². The van der Waals surface area contributed by atoms with Crippen LogP contribution in [0.15, 0.2) is 29.2 Å². The van der Waals surface area contributed by atoms with Crippen molar-refractivity contribution in [1.29, 1.82) is 0 Å². The van der Waals surface area contributed by atoms with Crippen LogP contribution in [0.2, 0.25) is 0 Å². The van der Waals surface area contributed by atoms with Crippen molar-refractivity contribution in [3.63, 3.8) is 0 Å². The number of benzene rings is 1. The highest BCUT2D eigenvalue weighted by Crippen LogP contribution is 2.21. The third-order valence-electron chi connectivity index (χ3n) is 4.15. The van der Waals surface area contributed by atoms with Crippen LogP contribution in [0.1, 0.15) is 16.8 Å². The number of thiol groups is 1. The second kappa shape index (κ2) is 6.16. The predicted molar refractivity (Wildman–Crippen MR) is 80.4 cm³/mol. The van der Waals surface area contributed by atoms with Crippen LogP contribution in [0, 0.1) is 0 Å². The van der Waals surface area contributed by atoms with Crippen LogP contribution >= 0.6 is 12.6 Å². The summed E-state index contributed by atoms with van der Waals surface area (Å²) < 4.78 is 5.39. The molecule has 3 rings (SSSR count). The van der Waals surface area contributed by atoms with Gasteiger partial charge >= 0.3 is 0 Å². The van der Waals surface area contributed by atoms with Gasteiger partial charge in [-0.2, -0.15) is 0 Å². The number of nitrogens with zero attached hydrogens (tertiary/aromatic N) is 2. The molecule has 0 aliphatic carbocycles. The van der Waals surface area contributed by atoms with Crippen LogP contribution in [0.5, 0.6) is 0 Å². The van der Waals surface area contributed by atoms with Crippen LogP contribution in [0.25, 0.3) is 0 Å². The summed E-state index contributed by atoms with van der Waals surface area (Å²) in [4.78, 5) is 17.7. The largest absolute Gasteiger partial charge is 0.379 e. The summed E-state index contributed by atoms with van der Waals surface area (Å²) in [6.07, 6.45) is 1.06. The number of rotatable bonds is 2. The molecule has 0 spiro atoms. The Kier molecular flexibility index (Phi) is 4.29. The molecule has 2 saturated heterocycles. The van der Waals surface area contributed by atoms with Crippen molar-refractivity contribution in [2.24, 2.45) is 0 Å². The lowest BCUT2D eigenvalue weighted by Gasteiger charge is -2.32. The number of carbonyl (C=O) groups excluding carboxylic acids is 1. The van der Waals surface area contributed by atoms with Crippen LogP contribution in [-0.4, -0.2) is 61.1 Å². The average Bonchev–Trinajstić information content (AvgIpc) is 2.98. The average molecular weight is 292 g/mol. The first-order chi connectivity index (χ1) is 9.75. The zero-order valence-corrected chi connectivity index (χ0v) is 12.4. The van der Waals surface area contributed by atoms with Gasteiger partial charge in [0.25, 0.3) is 5.91 Å². The van der Waals surface area contributed by atoms with Crippen LogP contribution in [0.3, 0.4) is 0 Å². The van der Waals surface area contributed by atoms with E-state index in [-0.39, 0.29) is 5.91 Å². The zero-order chi connectivity index (χ0) is 13.9. The normalized spacial score (nSPS) is 24.1. The molecule has 0 bridgehead atoms. The smallest absolute Gasteiger partial charge is 0.255 e. The lowest BCUT2D eigenvalue weighted by atomic mass is 10.2. The molecule has 2 fully saturated rings. The second-order valence-corrected chi connectivity index (χ2v) is 5.84. The summed E-state index contributed by atoms with van der Waals surface area (Å²) in [6, 6.07) is 8.00. The summed E-state index contributed by atoms with van der Waals surface area (Å²) in [6.45, 7) is 5.24. The number of amides is 1. The maximum Gasteiger partial charge on any atom is 0.255 e. The number of likely N-dealkylation sites (tertiary alicyclic amines) is 1. The number of ether oxygens (including phenoxy) is 1. The molecule has 2 heterocycles. The van der Waals surface area contributed by atoms with E-state index in [0.29, 0.717) is 11.6 Å². The van der Waals surface area contributed by atoms with E-state index in [1.807, 2.05) is 29.2 Å². The topological polar surface area (TPSA) is 32.8 Å². The molecule has 1 atom stereocenters. The van der Waals surface area contributed by atoms with Crippen molar-refractivity contribution in [3.8, 4) is 0 Å². The van der Waals surface area contributed by atoms with Gasteiger partial charge in [-0.15, -0.1) is 12.6 Å². The summed E-state index contributed by atoms with van der Waals surface area (Å²) in [5, 5.41) is 0. The SMILES string of the molecule is O=C(c1ccccc1S)N1CCC(N2CCOCC2)C1. The van der Waals surface area contributed by atoms with Crippen LogP contribution in [0.4, 0.5) is 0 Å². The van der Waals surface area contributed by atoms with Crippen LogP contribution in [-0.2, 0) is 4.74 Å². The molecule has 0 aromatic heterocycles. The molecule has 1 aromatic carbocycles. The zero-order valence-electron chi connectivity index (χ0n) is 11.5. The fourth-order valence-electron chi connectivity index (χ4n) is 2.99. The summed E-state index contributed by atoms with van der Waals surface area (Å²) in [5.41, 5.74) is 0.707. The fraction of sp³-hybridized carbons (Fsp3) is 0.533. The van der Waals surface area contributed by atoms with Crippen LogP contribution < -0.4 is 0 Å². The fourth-order valence-corrected chi connectivity index (χ4v) is 3.25. The molecule has 2 aliphatic heterocycles. The van der Waals surface area contributed by atoms with E-state index in [1.54, 1.807) is 0 Å². The van der Waals surface area contributed by atoms with Gasteiger partial charge in [0.1, 0.15) is 0 Å². The van der Waals surface area contributed by atoms with Gasteiger partial charge in [-0.3, -0.25) is 9.69 Å². The molecule has 4 nitrogen and oxygen atoms in total. The first-order valence-corrected chi connectivity index (χ1v) is 7.59. The Morgan fingerprint density at radius 1 is 1.20 bits per heavy atom. The molecule has 108 valence electrons. The molecular formula is C15H20N2O2S. The molecule has 20 heavy (non-hydrogen) atoms. The Hall–Kier alpha value is -1.04. The van der Waals surface area contributed by atoms with Gasteiger partial charge in [-0.1, -0.05) is 12.1 Å². The van der Waals surface area contributed by atoms with Gasteiger partial charge in [-0.25, -0.2) is 0 Å². The lowest BCUT2D eigenvalue weighted by molar-refractivity contribution is 0.0185. The van der Waals surface area contributed by atoms with Crippen molar-refractivity contribution in [1.82, 2.24) is 9.80 Å². The highest BCUT2D eigenvalue weighted by molar-refractivity contribution is 7.80. The van der Waals surface area contributed by atoms with Gasteiger partial charge in [0.15, 0.2) is 0 Å². The third-order valence-corrected chi connectivity index (χ3v) is 4.54. The Balaban J connectivity index is 1.65. The van der Waals surface area contributed by atoms with Crippen molar-refractivity contribution in [2.45, 2.75) is 17.4 Å². The molecular weight excluding hydrogens is 272 g/mol. The Morgan fingerprint density at radius 3 is 2.70 bits per heavy atom. The number of hydrogen-bond donors (Lipinski definition) is 1. The van der Waals surface area contributed by atoms with E-state index in [9.17, 15) is 4.79 Å². The van der Waals surface area contributed by atoms with Gasteiger partial charge in [0, 0.05) is 37.1 Å². The molecule has 0 radical (unpaired) electrons. The third kappa shape index (κ3) is 2.85. The number of morpholine rings is 1. The summed E-state index contributed by atoms with van der Waals surface area (Å²) >= 11 is 4.38. The molecule has 2 aliphatic rings. The van der Waals surface area contributed by atoms with Gasteiger partial charge < -0.3 is 9.64 Å². The second-order valence-electron chi connectivity index (χ2n) is 5.36. The quantitative estimate of drug-likeness (QED) is 0.839. The van der Waals surface area contributed by atoms with E-state index >= 15 is 0 Å². The molecule has 0 saturated carbocycles. The van der Waals surface area contributed by atoms with Gasteiger partial charge in [0.05, 0.1) is 18.8 Å². The minimum Gasteiger partial charge on any atom is -0.379 e. The maximum atomic E-state index is 12.5. The number of carbonyl (C=O) groups is 1. The lowest BCUT2D eigenvalue weighted by Crippen LogP contribution is -2.45. The van der Waals surface area contributed by atoms with Crippen molar-refractivity contribution in [3.05, 3.63) is 29.8 Å². The minimum atomic E-state index is 0.103. The van der Waals surface area contributed by atoms with E-state index in [2.05, 4.69) is 17.5 Å². The van der Waals surface area contributed by atoms with Gasteiger partial charge in [0.2, 0.25) is 0 Å². The minimum absolute atomic E-state index is 0.103. The molecule has 1 amide bonds. The first kappa shape index (κ1) is 13.9. The van der Waals surface area contributed by atoms with E-state index < -0.39 is 0 Å². The predicted octanol–water partition coefficient (Wildman–Crippen LogP) is 1.52. The van der Waals surface area contributed by atoms with E-state index in [0.717, 1.165) is 50.7 Å². The van der Waals surface area contributed by atoms with Crippen molar-refractivity contribution < 1.29 is 9.53 Å². The standard InChI is InChI=1S/C15H20N2O2S/c18-15(13-3-1-2-4-14(13)20)17-6-5-12(11-17)16-7-9-19-10-8-16/h1-4,12,20H,5-11H2. The highest BCUT2D eigenvalue weighted by Gasteiger charge is 2.31. The summed E-state index contributed by atoms with van der Waals surface area (Å²) in [7, 11) is 0. The first-order valence-electron chi connectivity index (χ1n) is 7.15. The Bertz CT molecular complexity index is 489. The van der Waals surface area contributed by atoms with E-state index in [4.69, 9.17) is 4.74 Å². The highest BCUT2D eigenvalue weighted by atomic mass is 32.1. The summed E-state index contributed by atoms with van der Waals surface area (Å²) in [5.74, 6) is 0.103. The Labute approximate surface area is 125 Å². The van der Waals surface area contributed by atoms with E-state index in [1.165, 1.54) is 0 Å². The molecule has 0 N–H and O–H groups in total. The molecule has 1 aromatic rings. The molecule has 1 unspecified atom stereocenters. The number of hydrogen-bond acceptors (Lipinski definition) is 4. The Morgan fingerprint density at radius 2 is 1.95 bits per heavy atom. The molecule has 5 heteroatoms. The van der Waals surface area contributed by atoms with Gasteiger partial charge in [-0.05, 0) is 18.6 Å². The van der Waals surface area contributed by atoms with Crippen molar-refractivity contribution in [2.75, 3.05) is 39.4 Å². The maximum absolute atomic E-state index is 12.5. The monoisotopic (exact) mass is 292 g/mol.